The third-order valence-electron chi connectivity index (χ3n) is 5.56. The maximum atomic E-state index is 5.95. The standard InChI is InChI=1S/C18H34Cl2N2.2ClH/c19-11-13-21(14-12-20)15-16-22(17-7-3-1-4-8-17)18-9-5-2-6-10-18;;/h17-18H,1-16H2;2*1H. The van der Waals surface area contributed by atoms with Crippen molar-refractivity contribution in [2.24, 2.45) is 0 Å². The van der Waals surface area contributed by atoms with Crippen molar-refractivity contribution in [2.45, 2.75) is 76.3 Å². The molecule has 0 aliphatic heterocycles. The number of rotatable bonds is 9. The molecule has 0 radical (unpaired) electrons. The molecule has 146 valence electrons. The van der Waals surface area contributed by atoms with Crippen LogP contribution in [0.1, 0.15) is 64.2 Å². The van der Waals surface area contributed by atoms with Gasteiger partial charge in [0.25, 0.3) is 0 Å². The fraction of sp³-hybridized carbons (Fsp3) is 1.00. The van der Waals surface area contributed by atoms with Crippen LogP contribution in [0.2, 0.25) is 0 Å². The Balaban J connectivity index is 0.00000264. The van der Waals surface area contributed by atoms with Gasteiger partial charge in [0.05, 0.1) is 0 Å². The van der Waals surface area contributed by atoms with Gasteiger partial charge in [0.1, 0.15) is 0 Å². The number of hydrogen-bond acceptors (Lipinski definition) is 2. The number of hydrogen-bond donors (Lipinski definition) is 0. The monoisotopic (exact) mass is 420 g/mol. The Morgan fingerprint density at radius 3 is 1.38 bits per heavy atom. The molecule has 0 N–H and O–H groups in total. The SMILES string of the molecule is Cl.Cl.ClCCN(CCCl)CCN(C1CCCCC1)C1CCCCC1. The number of halogens is 4. The topological polar surface area (TPSA) is 6.48 Å². The summed E-state index contributed by atoms with van der Waals surface area (Å²) in [4.78, 5) is 5.33. The molecule has 0 aromatic heterocycles. The highest BCUT2D eigenvalue weighted by Crippen LogP contribution is 2.29. The van der Waals surface area contributed by atoms with Crippen molar-refractivity contribution >= 4 is 48.0 Å². The van der Waals surface area contributed by atoms with E-state index in [2.05, 4.69) is 9.80 Å². The molecule has 2 rings (SSSR count). The zero-order valence-electron chi connectivity index (χ0n) is 14.9. The first-order chi connectivity index (χ1) is 10.8. The quantitative estimate of drug-likeness (QED) is 0.448. The third-order valence-corrected chi connectivity index (χ3v) is 5.90. The van der Waals surface area contributed by atoms with Gasteiger partial charge < -0.3 is 0 Å². The molecule has 2 nitrogen and oxygen atoms in total. The molecule has 2 saturated carbocycles. The van der Waals surface area contributed by atoms with Crippen LogP contribution in [0, 0.1) is 0 Å². The highest BCUT2D eigenvalue weighted by molar-refractivity contribution is 6.18. The molecule has 24 heavy (non-hydrogen) atoms. The van der Waals surface area contributed by atoms with Gasteiger partial charge in [0.15, 0.2) is 0 Å². The largest absolute Gasteiger partial charge is 0.300 e. The van der Waals surface area contributed by atoms with E-state index in [0.717, 1.165) is 31.7 Å². The minimum absolute atomic E-state index is 0. The fourth-order valence-electron chi connectivity index (χ4n) is 4.32. The number of nitrogens with zero attached hydrogens (tertiary/aromatic N) is 2. The van der Waals surface area contributed by atoms with E-state index in [-0.39, 0.29) is 24.8 Å². The summed E-state index contributed by atoms with van der Waals surface area (Å²) in [6.07, 6.45) is 14.3. The molecular formula is C18H36Cl4N2. The lowest BCUT2D eigenvalue weighted by atomic mass is 9.88. The molecule has 2 aliphatic rings. The van der Waals surface area contributed by atoms with Gasteiger partial charge in [-0.2, -0.15) is 0 Å². The molecule has 0 aromatic carbocycles. The maximum absolute atomic E-state index is 5.95. The van der Waals surface area contributed by atoms with Gasteiger partial charge in [-0.15, -0.1) is 48.0 Å². The molecule has 2 fully saturated rings. The highest BCUT2D eigenvalue weighted by atomic mass is 35.5. The van der Waals surface area contributed by atoms with E-state index in [1.54, 1.807) is 0 Å². The Morgan fingerprint density at radius 2 is 1.00 bits per heavy atom. The first-order valence-corrected chi connectivity index (χ1v) is 10.5. The Hall–Kier alpha value is 1.08. The van der Waals surface area contributed by atoms with Crippen molar-refractivity contribution < 1.29 is 0 Å². The van der Waals surface area contributed by atoms with Crippen LogP contribution in [0.15, 0.2) is 0 Å². The molecule has 0 saturated heterocycles. The molecule has 0 bridgehead atoms. The predicted octanol–water partition coefficient (Wildman–Crippen LogP) is 5.58. The minimum Gasteiger partial charge on any atom is -0.300 e. The summed E-state index contributed by atoms with van der Waals surface area (Å²) < 4.78 is 0. The van der Waals surface area contributed by atoms with Gasteiger partial charge in [-0.05, 0) is 25.7 Å². The zero-order chi connectivity index (χ0) is 15.6. The van der Waals surface area contributed by atoms with Gasteiger partial charge in [0, 0.05) is 50.0 Å². The average molecular weight is 422 g/mol. The van der Waals surface area contributed by atoms with Gasteiger partial charge in [0.2, 0.25) is 0 Å². The summed E-state index contributed by atoms with van der Waals surface area (Å²) in [6, 6.07) is 1.68. The second-order valence-electron chi connectivity index (χ2n) is 7.04. The normalized spacial score (nSPS) is 20.0. The lowest BCUT2D eigenvalue weighted by molar-refractivity contribution is 0.0699. The summed E-state index contributed by atoms with van der Waals surface area (Å²) in [6.45, 7) is 4.28. The second kappa shape index (κ2) is 15.2. The van der Waals surface area contributed by atoms with Crippen molar-refractivity contribution in [1.29, 1.82) is 0 Å². The lowest BCUT2D eigenvalue weighted by Crippen LogP contribution is -2.48. The third kappa shape index (κ3) is 8.64. The van der Waals surface area contributed by atoms with E-state index < -0.39 is 0 Å². The summed E-state index contributed by atoms with van der Waals surface area (Å²) in [5.74, 6) is 1.42. The highest BCUT2D eigenvalue weighted by Gasteiger charge is 2.28. The van der Waals surface area contributed by atoms with Crippen LogP contribution >= 0.6 is 48.0 Å². The summed E-state index contributed by atoms with van der Waals surface area (Å²) >= 11 is 11.9. The molecule has 0 unspecified atom stereocenters. The van der Waals surface area contributed by atoms with Gasteiger partial charge in [-0.1, -0.05) is 38.5 Å². The summed E-state index contributed by atoms with van der Waals surface area (Å²) in [7, 11) is 0. The van der Waals surface area contributed by atoms with Crippen LogP contribution in [0.4, 0.5) is 0 Å². The molecule has 0 spiro atoms. The van der Waals surface area contributed by atoms with E-state index in [1.807, 2.05) is 0 Å². The summed E-state index contributed by atoms with van der Waals surface area (Å²) in [5.41, 5.74) is 0. The van der Waals surface area contributed by atoms with Crippen molar-refractivity contribution in [3.8, 4) is 0 Å². The van der Waals surface area contributed by atoms with Gasteiger partial charge in [-0.25, -0.2) is 0 Å². The van der Waals surface area contributed by atoms with Crippen molar-refractivity contribution in [3.63, 3.8) is 0 Å². The van der Waals surface area contributed by atoms with Crippen LogP contribution in [0.3, 0.4) is 0 Å². The molecule has 0 heterocycles. The first-order valence-electron chi connectivity index (χ1n) is 9.45. The molecule has 0 atom stereocenters. The molecular weight excluding hydrogens is 386 g/mol. The van der Waals surface area contributed by atoms with Crippen LogP contribution in [-0.4, -0.2) is 59.8 Å². The lowest BCUT2D eigenvalue weighted by Gasteiger charge is -2.42. The van der Waals surface area contributed by atoms with E-state index >= 15 is 0 Å². The van der Waals surface area contributed by atoms with E-state index in [1.165, 1.54) is 70.8 Å². The Morgan fingerprint density at radius 1 is 0.583 bits per heavy atom. The molecule has 0 amide bonds. The van der Waals surface area contributed by atoms with Gasteiger partial charge >= 0.3 is 0 Å². The van der Waals surface area contributed by atoms with Crippen LogP contribution in [0.25, 0.3) is 0 Å². The van der Waals surface area contributed by atoms with Crippen molar-refractivity contribution in [1.82, 2.24) is 9.80 Å². The molecule has 2 aliphatic carbocycles. The van der Waals surface area contributed by atoms with E-state index in [4.69, 9.17) is 23.2 Å². The minimum atomic E-state index is 0. The van der Waals surface area contributed by atoms with Crippen LogP contribution < -0.4 is 0 Å². The zero-order valence-corrected chi connectivity index (χ0v) is 18.1. The average Bonchev–Trinajstić information content (AvgIpc) is 2.57. The van der Waals surface area contributed by atoms with E-state index in [0.29, 0.717) is 11.8 Å². The van der Waals surface area contributed by atoms with Gasteiger partial charge in [-0.3, -0.25) is 9.80 Å². The molecule has 6 heteroatoms. The first kappa shape index (κ1) is 25.1. The maximum Gasteiger partial charge on any atom is 0.0351 e. The van der Waals surface area contributed by atoms with Crippen LogP contribution in [-0.2, 0) is 0 Å². The van der Waals surface area contributed by atoms with Crippen LogP contribution in [0.5, 0.6) is 0 Å². The Kier molecular flexibility index (Phi) is 15.9. The fourth-order valence-corrected chi connectivity index (χ4v) is 4.80. The Bertz CT molecular complexity index is 258. The van der Waals surface area contributed by atoms with Crippen molar-refractivity contribution in [2.75, 3.05) is 37.9 Å². The Labute approximate surface area is 171 Å². The number of alkyl halides is 2. The predicted molar refractivity (Wildman–Crippen MR) is 113 cm³/mol. The van der Waals surface area contributed by atoms with Crippen molar-refractivity contribution in [3.05, 3.63) is 0 Å². The second-order valence-corrected chi connectivity index (χ2v) is 7.80. The smallest absolute Gasteiger partial charge is 0.0351 e. The van der Waals surface area contributed by atoms with E-state index in [9.17, 15) is 0 Å². The molecule has 0 aromatic rings. The summed E-state index contributed by atoms with van der Waals surface area (Å²) in [5, 5.41) is 0.